The Morgan fingerprint density at radius 3 is 2.45 bits per heavy atom. The van der Waals surface area contributed by atoms with Gasteiger partial charge in [0.1, 0.15) is 11.6 Å². The molecule has 4 heteroatoms. The number of hydrogen-bond donors (Lipinski definition) is 0. The second-order valence-corrected chi connectivity index (χ2v) is 4.46. The molecular weight excluding hydrogens is 252 g/mol. The van der Waals surface area contributed by atoms with E-state index < -0.39 is 5.78 Å². The average Bonchev–Trinajstić information content (AvgIpc) is 2.98. The third-order valence-corrected chi connectivity index (χ3v) is 2.83. The van der Waals surface area contributed by atoms with Gasteiger partial charge in [-0.25, -0.2) is 0 Å². The number of Topliss-reactive ketones (excluding diaryl/α,β-unsaturated/α-hetero) is 1. The number of nitrogens with zero attached hydrogens (tertiary/aromatic N) is 2. The molecule has 0 saturated carbocycles. The lowest BCUT2D eigenvalue weighted by atomic mass is 10.1. The van der Waals surface area contributed by atoms with Crippen molar-refractivity contribution in [2.24, 2.45) is 0 Å². The van der Waals surface area contributed by atoms with Crippen molar-refractivity contribution in [3.8, 4) is 6.07 Å². The molecule has 0 aliphatic carbocycles. The maximum atomic E-state index is 12.0. The van der Waals surface area contributed by atoms with E-state index in [2.05, 4.69) is 0 Å². The van der Waals surface area contributed by atoms with Crippen LogP contribution >= 0.6 is 0 Å². The Balaban J connectivity index is 2.28. The summed E-state index contributed by atoms with van der Waals surface area (Å²) < 4.78 is 5.02. The van der Waals surface area contributed by atoms with E-state index in [9.17, 15) is 4.79 Å². The zero-order chi connectivity index (χ0) is 14.5. The highest BCUT2D eigenvalue weighted by Gasteiger charge is 2.14. The molecule has 2 aromatic rings. The Bertz CT molecular complexity index is 660. The van der Waals surface area contributed by atoms with Crippen LogP contribution in [0.4, 0.5) is 5.69 Å². The number of anilines is 1. The number of carbonyl (C=O) groups excluding carboxylic acids is 1. The predicted molar refractivity (Wildman–Crippen MR) is 77.4 cm³/mol. The van der Waals surface area contributed by atoms with Gasteiger partial charge in [-0.3, -0.25) is 4.79 Å². The Kier molecular flexibility index (Phi) is 4.02. The van der Waals surface area contributed by atoms with E-state index in [0.29, 0.717) is 0 Å². The number of allylic oxidation sites excluding steroid dienone is 1. The molecular formula is C16H14N2O2. The Morgan fingerprint density at radius 2 is 1.95 bits per heavy atom. The van der Waals surface area contributed by atoms with Crippen molar-refractivity contribution in [3.63, 3.8) is 0 Å². The lowest BCUT2D eigenvalue weighted by molar-refractivity contribution is 0.101. The molecule has 4 nitrogen and oxygen atoms in total. The number of carbonyl (C=O) groups is 1. The first-order valence-corrected chi connectivity index (χ1v) is 6.09. The maximum absolute atomic E-state index is 12.0. The molecule has 0 fully saturated rings. The molecule has 0 bridgehead atoms. The molecule has 0 aliphatic rings. The molecule has 0 unspecified atom stereocenters. The minimum atomic E-state index is -0.408. The molecule has 0 amide bonds. The van der Waals surface area contributed by atoms with Gasteiger partial charge in [-0.2, -0.15) is 5.26 Å². The first-order valence-electron chi connectivity index (χ1n) is 6.09. The molecule has 0 saturated heterocycles. The lowest BCUT2D eigenvalue weighted by Gasteiger charge is -2.11. The molecule has 1 heterocycles. The first-order chi connectivity index (χ1) is 9.61. The van der Waals surface area contributed by atoms with Crippen molar-refractivity contribution in [1.82, 2.24) is 0 Å². The van der Waals surface area contributed by atoms with Gasteiger partial charge in [0, 0.05) is 19.8 Å². The van der Waals surface area contributed by atoms with Crippen molar-refractivity contribution in [2.45, 2.75) is 0 Å². The fraction of sp³-hybridized carbons (Fsp3) is 0.125. The molecule has 0 aliphatic heterocycles. The van der Waals surface area contributed by atoms with Gasteiger partial charge in [-0.1, -0.05) is 12.1 Å². The highest BCUT2D eigenvalue weighted by atomic mass is 16.3. The SMILES string of the molecule is CN(C)c1ccc(C=C(C#N)C(=O)c2ccco2)cc1. The number of furan rings is 1. The van der Waals surface area contributed by atoms with E-state index >= 15 is 0 Å². The van der Waals surface area contributed by atoms with Gasteiger partial charge < -0.3 is 9.32 Å². The standard InChI is InChI=1S/C16H14N2O2/c1-18(2)14-7-5-12(6-8-14)10-13(11-17)16(19)15-4-3-9-20-15/h3-10H,1-2H3. The Hall–Kier alpha value is -2.80. The van der Waals surface area contributed by atoms with Crippen LogP contribution in [-0.4, -0.2) is 19.9 Å². The van der Waals surface area contributed by atoms with Crippen molar-refractivity contribution in [3.05, 3.63) is 59.6 Å². The highest BCUT2D eigenvalue weighted by molar-refractivity contribution is 6.12. The predicted octanol–water partition coefficient (Wildman–Crippen LogP) is 3.14. The monoisotopic (exact) mass is 266 g/mol. The second-order valence-electron chi connectivity index (χ2n) is 4.46. The molecule has 2 rings (SSSR count). The fourth-order valence-corrected chi connectivity index (χ4v) is 1.72. The van der Waals surface area contributed by atoms with Crippen molar-refractivity contribution in [1.29, 1.82) is 5.26 Å². The third kappa shape index (κ3) is 2.96. The molecule has 1 aromatic heterocycles. The van der Waals surface area contributed by atoms with E-state index in [1.807, 2.05) is 49.3 Å². The smallest absolute Gasteiger partial charge is 0.238 e. The summed E-state index contributed by atoms with van der Waals surface area (Å²) in [5, 5.41) is 9.11. The molecule has 0 atom stereocenters. The van der Waals surface area contributed by atoms with Crippen LogP contribution in [0.25, 0.3) is 6.08 Å². The van der Waals surface area contributed by atoms with Crippen molar-refractivity contribution < 1.29 is 9.21 Å². The largest absolute Gasteiger partial charge is 0.461 e. The number of benzene rings is 1. The summed E-state index contributed by atoms with van der Waals surface area (Å²) in [7, 11) is 3.90. The minimum Gasteiger partial charge on any atom is -0.461 e. The molecule has 100 valence electrons. The first kappa shape index (κ1) is 13.6. The summed E-state index contributed by atoms with van der Waals surface area (Å²) in [5.74, 6) is -0.239. The van der Waals surface area contributed by atoms with Crippen LogP contribution in [0.3, 0.4) is 0 Å². The summed E-state index contributed by atoms with van der Waals surface area (Å²) in [6, 6.07) is 12.7. The zero-order valence-electron chi connectivity index (χ0n) is 11.3. The molecule has 20 heavy (non-hydrogen) atoms. The Morgan fingerprint density at radius 1 is 1.25 bits per heavy atom. The van der Waals surface area contributed by atoms with E-state index in [1.165, 1.54) is 6.26 Å². The van der Waals surface area contributed by atoms with Crippen molar-refractivity contribution in [2.75, 3.05) is 19.0 Å². The summed E-state index contributed by atoms with van der Waals surface area (Å²) in [5.41, 5.74) is 1.91. The number of hydrogen-bond acceptors (Lipinski definition) is 4. The van der Waals surface area contributed by atoms with E-state index in [1.54, 1.807) is 18.2 Å². The molecule has 0 spiro atoms. The summed E-state index contributed by atoms with van der Waals surface area (Å²) in [4.78, 5) is 14.0. The van der Waals surface area contributed by atoms with Crippen LogP contribution in [-0.2, 0) is 0 Å². The van der Waals surface area contributed by atoms with Gasteiger partial charge in [0.15, 0.2) is 5.76 Å². The van der Waals surface area contributed by atoms with Crippen LogP contribution in [0.5, 0.6) is 0 Å². The molecule has 0 N–H and O–H groups in total. The van der Waals surface area contributed by atoms with Gasteiger partial charge in [0.2, 0.25) is 5.78 Å². The van der Waals surface area contributed by atoms with E-state index in [-0.39, 0.29) is 11.3 Å². The number of rotatable bonds is 4. The minimum absolute atomic E-state index is 0.0533. The van der Waals surface area contributed by atoms with Crippen LogP contribution < -0.4 is 4.90 Å². The van der Waals surface area contributed by atoms with E-state index in [4.69, 9.17) is 9.68 Å². The van der Waals surface area contributed by atoms with Gasteiger partial charge >= 0.3 is 0 Å². The average molecular weight is 266 g/mol. The van der Waals surface area contributed by atoms with Crippen LogP contribution in [0.15, 0.2) is 52.7 Å². The second kappa shape index (κ2) is 5.89. The molecule has 0 radical (unpaired) electrons. The number of ketones is 1. The lowest BCUT2D eigenvalue weighted by Crippen LogP contribution is -2.08. The fourth-order valence-electron chi connectivity index (χ4n) is 1.72. The van der Waals surface area contributed by atoms with Crippen LogP contribution in [0.2, 0.25) is 0 Å². The zero-order valence-corrected chi connectivity index (χ0v) is 11.3. The summed E-state index contributed by atoms with van der Waals surface area (Å²) >= 11 is 0. The van der Waals surface area contributed by atoms with Crippen LogP contribution in [0, 0.1) is 11.3 Å². The van der Waals surface area contributed by atoms with E-state index in [0.717, 1.165) is 11.3 Å². The highest BCUT2D eigenvalue weighted by Crippen LogP contribution is 2.16. The number of nitriles is 1. The summed E-state index contributed by atoms with van der Waals surface area (Å²) in [6.45, 7) is 0. The van der Waals surface area contributed by atoms with Gasteiger partial charge in [0.05, 0.1) is 6.26 Å². The van der Waals surface area contributed by atoms with Gasteiger partial charge in [-0.15, -0.1) is 0 Å². The molecule has 1 aromatic carbocycles. The normalized spacial score (nSPS) is 10.9. The van der Waals surface area contributed by atoms with Gasteiger partial charge in [0.25, 0.3) is 0 Å². The quantitative estimate of drug-likeness (QED) is 0.484. The maximum Gasteiger partial charge on any atom is 0.238 e. The third-order valence-electron chi connectivity index (χ3n) is 2.83. The topological polar surface area (TPSA) is 57.2 Å². The Labute approximate surface area is 117 Å². The van der Waals surface area contributed by atoms with Crippen molar-refractivity contribution >= 4 is 17.5 Å². The van der Waals surface area contributed by atoms with Gasteiger partial charge in [-0.05, 0) is 35.9 Å². The summed E-state index contributed by atoms with van der Waals surface area (Å²) in [6.07, 6.45) is 2.97. The van der Waals surface area contributed by atoms with Crippen LogP contribution in [0.1, 0.15) is 16.1 Å².